The van der Waals surface area contributed by atoms with Gasteiger partial charge in [0.1, 0.15) is 5.60 Å². The predicted molar refractivity (Wildman–Crippen MR) is 97.6 cm³/mol. The largest absolute Gasteiger partial charge is 0.456 e. The van der Waals surface area contributed by atoms with Gasteiger partial charge in [-0.3, -0.25) is 10.1 Å². The fourth-order valence-electron chi connectivity index (χ4n) is 3.13. The van der Waals surface area contributed by atoms with Crippen molar-refractivity contribution in [3.8, 4) is 0 Å². The molecule has 2 aromatic rings. The Hall–Kier alpha value is -2.21. The first kappa shape index (κ1) is 17.6. The Balaban J connectivity index is 1.66. The molecule has 5 nitrogen and oxygen atoms in total. The summed E-state index contributed by atoms with van der Waals surface area (Å²) in [5.74, 6) is 0.185. The summed E-state index contributed by atoms with van der Waals surface area (Å²) in [7, 11) is 0. The number of hydrogen-bond donors (Lipinski definition) is 0. The molecule has 6 heteroatoms. The minimum Gasteiger partial charge on any atom is -0.456 e. The zero-order valence-electron chi connectivity index (χ0n) is 13.9. The molecule has 2 aromatic carbocycles. The molecule has 0 spiro atoms. The van der Waals surface area contributed by atoms with Crippen LogP contribution < -0.4 is 0 Å². The summed E-state index contributed by atoms with van der Waals surface area (Å²) in [6.45, 7) is 3.83. The van der Waals surface area contributed by atoms with Gasteiger partial charge in [-0.15, -0.1) is 0 Å². The number of esters is 1. The van der Waals surface area contributed by atoms with Gasteiger partial charge >= 0.3 is 5.97 Å². The van der Waals surface area contributed by atoms with Crippen molar-refractivity contribution in [1.29, 1.82) is 0 Å². The summed E-state index contributed by atoms with van der Waals surface area (Å²) in [6.07, 6.45) is 0.974. The Morgan fingerprint density at radius 1 is 1.16 bits per heavy atom. The molecular formula is C19H18BrNO4. The first-order valence-electron chi connectivity index (χ1n) is 8.01. The summed E-state index contributed by atoms with van der Waals surface area (Å²) in [5, 5.41) is 10.7. The predicted octanol–water partition coefficient (Wildman–Crippen LogP) is 5.10. The number of benzene rings is 2. The lowest BCUT2D eigenvalue weighted by Gasteiger charge is -2.26. The minimum atomic E-state index is -0.601. The topological polar surface area (TPSA) is 69.4 Å². The van der Waals surface area contributed by atoms with E-state index in [-0.39, 0.29) is 11.6 Å². The molecule has 0 unspecified atom stereocenters. The second kappa shape index (κ2) is 6.59. The van der Waals surface area contributed by atoms with Gasteiger partial charge in [-0.05, 0) is 56.0 Å². The molecule has 1 saturated carbocycles. The Labute approximate surface area is 154 Å². The number of carbonyl (C=O) groups is 1. The van der Waals surface area contributed by atoms with E-state index in [0.717, 1.165) is 10.9 Å². The monoisotopic (exact) mass is 403 g/mol. The van der Waals surface area contributed by atoms with Crippen LogP contribution in [0.15, 0.2) is 53.0 Å². The summed E-state index contributed by atoms with van der Waals surface area (Å²) in [5.41, 5.74) is 0.914. The second-order valence-corrected chi connectivity index (χ2v) is 7.71. The number of rotatable bonds is 5. The molecule has 0 aromatic heterocycles. The maximum absolute atomic E-state index is 12.4. The van der Waals surface area contributed by atoms with Gasteiger partial charge in [0.25, 0.3) is 5.69 Å². The zero-order chi connectivity index (χ0) is 18.2. The molecule has 0 radical (unpaired) electrons. The number of nitrogens with zero attached hydrogens (tertiary/aromatic N) is 1. The average molecular weight is 404 g/mol. The maximum Gasteiger partial charge on any atom is 0.338 e. The molecule has 1 fully saturated rings. The van der Waals surface area contributed by atoms with Crippen molar-refractivity contribution < 1.29 is 14.5 Å². The first-order chi connectivity index (χ1) is 11.8. The number of nitro groups is 1. The third-order valence-corrected chi connectivity index (χ3v) is 5.18. The number of ether oxygens (including phenoxy) is 1. The van der Waals surface area contributed by atoms with Gasteiger partial charge in [0.2, 0.25) is 0 Å². The Morgan fingerprint density at radius 2 is 1.76 bits per heavy atom. The standard InChI is InChI=1S/C19H18BrNO4/c1-19(2,17-11-16(17)12-3-7-14(20)8-4-12)25-18(22)13-5-9-15(10-6-13)21(23)24/h3-10,16-17H,11H2,1-2H3/t16-,17+/m1/s1. The van der Waals surface area contributed by atoms with Crippen LogP contribution in [0.25, 0.3) is 0 Å². The van der Waals surface area contributed by atoms with E-state index in [1.165, 1.54) is 29.8 Å². The van der Waals surface area contributed by atoms with Crippen molar-refractivity contribution in [2.45, 2.75) is 31.8 Å². The molecule has 130 valence electrons. The molecule has 0 bridgehead atoms. The Bertz CT molecular complexity index is 799. The fourth-order valence-corrected chi connectivity index (χ4v) is 3.40. The number of carbonyl (C=O) groups excluding carboxylic acids is 1. The highest BCUT2D eigenvalue weighted by atomic mass is 79.9. The molecule has 25 heavy (non-hydrogen) atoms. The first-order valence-corrected chi connectivity index (χ1v) is 8.80. The van der Waals surface area contributed by atoms with Gasteiger partial charge in [0.05, 0.1) is 10.5 Å². The van der Waals surface area contributed by atoms with Crippen molar-refractivity contribution in [3.05, 3.63) is 74.2 Å². The minimum absolute atomic E-state index is 0.0479. The lowest BCUT2D eigenvalue weighted by atomic mass is 9.98. The van der Waals surface area contributed by atoms with E-state index in [1.807, 2.05) is 26.0 Å². The number of hydrogen-bond acceptors (Lipinski definition) is 4. The highest BCUT2D eigenvalue weighted by Crippen LogP contribution is 2.54. The van der Waals surface area contributed by atoms with Crippen molar-refractivity contribution in [2.75, 3.05) is 0 Å². The third kappa shape index (κ3) is 3.90. The average Bonchev–Trinajstić information content (AvgIpc) is 3.37. The third-order valence-electron chi connectivity index (χ3n) is 4.65. The van der Waals surface area contributed by atoms with E-state index in [4.69, 9.17) is 4.74 Å². The zero-order valence-corrected chi connectivity index (χ0v) is 15.5. The molecule has 0 saturated heterocycles. The van der Waals surface area contributed by atoms with Gasteiger partial charge in [0.15, 0.2) is 0 Å². The van der Waals surface area contributed by atoms with Crippen LogP contribution in [0.1, 0.15) is 42.1 Å². The Kier molecular flexibility index (Phi) is 4.64. The van der Waals surface area contributed by atoms with Crippen LogP contribution >= 0.6 is 15.9 Å². The normalized spacial score (nSPS) is 19.3. The smallest absolute Gasteiger partial charge is 0.338 e. The lowest BCUT2D eigenvalue weighted by Crippen LogP contribution is -2.31. The molecule has 1 aliphatic carbocycles. The van der Waals surface area contributed by atoms with Crippen LogP contribution in [0.4, 0.5) is 5.69 Å². The SMILES string of the molecule is CC(C)(OC(=O)c1ccc([N+](=O)[O-])cc1)[C@H]1C[C@@H]1c1ccc(Br)cc1. The van der Waals surface area contributed by atoms with Gasteiger partial charge < -0.3 is 4.74 Å². The Morgan fingerprint density at radius 3 is 2.32 bits per heavy atom. The van der Waals surface area contributed by atoms with Crippen LogP contribution in [0.2, 0.25) is 0 Å². The highest BCUT2D eigenvalue weighted by molar-refractivity contribution is 9.10. The van der Waals surface area contributed by atoms with E-state index in [1.54, 1.807) is 0 Å². The van der Waals surface area contributed by atoms with Crippen LogP contribution in [0.3, 0.4) is 0 Å². The van der Waals surface area contributed by atoms with Crippen molar-refractivity contribution in [3.63, 3.8) is 0 Å². The fraction of sp³-hybridized carbons (Fsp3) is 0.316. The molecule has 3 rings (SSSR count). The van der Waals surface area contributed by atoms with E-state index in [9.17, 15) is 14.9 Å². The molecule has 2 atom stereocenters. The van der Waals surface area contributed by atoms with Crippen LogP contribution in [0, 0.1) is 16.0 Å². The quantitative estimate of drug-likeness (QED) is 0.395. The van der Waals surface area contributed by atoms with Crippen LogP contribution in [0.5, 0.6) is 0 Å². The number of non-ortho nitro benzene ring substituents is 1. The molecule has 0 amide bonds. The summed E-state index contributed by atoms with van der Waals surface area (Å²) >= 11 is 3.43. The van der Waals surface area contributed by atoms with Crippen LogP contribution in [-0.2, 0) is 4.74 Å². The lowest BCUT2D eigenvalue weighted by molar-refractivity contribution is -0.384. The van der Waals surface area contributed by atoms with Crippen molar-refractivity contribution in [1.82, 2.24) is 0 Å². The molecule has 1 aliphatic rings. The van der Waals surface area contributed by atoms with E-state index >= 15 is 0 Å². The van der Waals surface area contributed by atoms with Gasteiger partial charge in [0, 0.05) is 22.5 Å². The molecule has 0 N–H and O–H groups in total. The van der Waals surface area contributed by atoms with E-state index in [2.05, 4.69) is 28.1 Å². The second-order valence-electron chi connectivity index (χ2n) is 6.80. The summed E-state index contributed by atoms with van der Waals surface area (Å²) < 4.78 is 6.74. The van der Waals surface area contributed by atoms with Crippen LogP contribution in [-0.4, -0.2) is 16.5 Å². The number of nitro benzene ring substituents is 1. The van der Waals surface area contributed by atoms with Crippen molar-refractivity contribution >= 4 is 27.6 Å². The summed E-state index contributed by atoms with van der Waals surface area (Å²) in [6, 6.07) is 13.7. The van der Waals surface area contributed by atoms with Gasteiger partial charge in [-0.2, -0.15) is 0 Å². The van der Waals surface area contributed by atoms with E-state index in [0.29, 0.717) is 11.5 Å². The van der Waals surface area contributed by atoms with E-state index < -0.39 is 16.5 Å². The van der Waals surface area contributed by atoms with Gasteiger partial charge in [-0.1, -0.05) is 28.1 Å². The molecule has 0 aliphatic heterocycles. The maximum atomic E-state index is 12.4. The number of halogens is 1. The summed E-state index contributed by atoms with van der Waals surface area (Å²) in [4.78, 5) is 22.6. The molecule has 0 heterocycles. The molecular weight excluding hydrogens is 386 g/mol. The highest BCUT2D eigenvalue weighted by Gasteiger charge is 2.50. The van der Waals surface area contributed by atoms with Crippen molar-refractivity contribution in [2.24, 2.45) is 5.92 Å². The van der Waals surface area contributed by atoms with Gasteiger partial charge in [-0.25, -0.2) is 4.79 Å².